The van der Waals surface area contributed by atoms with Crippen LogP contribution in [0.5, 0.6) is 5.75 Å². The van der Waals surface area contributed by atoms with Crippen LogP contribution in [0, 0.1) is 12.8 Å². The lowest BCUT2D eigenvalue weighted by atomic mass is 9.96. The Labute approximate surface area is 156 Å². The zero-order chi connectivity index (χ0) is 18.2. The summed E-state index contributed by atoms with van der Waals surface area (Å²) in [6.07, 6.45) is 2.04. The number of nitrogens with zero attached hydrogens (tertiary/aromatic N) is 1. The minimum Gasteiger partial charge on any atom is -0.492 e. The highest BCUT2D eigenvalue weighted by Crippen LogP contribution is 2.19. The van der Waals surface area contributed by atoms with E-state index in [-0.39, 0.29) is 11.8 Å². The average Bonchev–Trinajstić information content (AvgIpc) is 2.66. The van der Waals surface area contributed by atoms with E-state index < -0.39 is 0 Å². The number of aryl methyl sites for hydroxylation is 1. The molecule has 1 fully saturated rings. The van der Waals surface area contributed by atoms with Crippen LogP contribution in [0.2, 0.25) is 0 Å². The molecular weight excluding hydrogens is 324 g/mol. The Bertz CT molecular complexity index is 702. The van der Waals surface area contributed by atoms with Crippen molar-refractivity contribution in [1.29, 1.82) is 0 Å². The fourth-order valence-electron chi connectivity index (χ4n) is 3.45. The van der Waals surface area contributed by atoms with Crippen LogP contribution in [0.3, 0.4) is 0 Å². The lowest BCUT2D eigenvalue weighted by Crippen LogP contribution is -2.43. The van der Waals surface area contributed by atoms with E-state index >= 15 is 0 Å². The van der Waals surface area contributed by atoms with Crippen molar-refractivity contribution in [2.45, 2.75) is 26.3 Å². The van der Waals surface area contributed by atoms with Crippen molar-refractivity contribution >= 4 is 5.91 Å². The number of carbonyl (C=O) groups excluding carboxylic acids is 1. The number of ether oxygens (including phenoxy) is 1. The molecule has 0 aromatic heterocycles. The molecule has 2 aromatic carbocycles. The van der Waals surface area contributed by atoms with Gasteiger partial charge in [-0.2, -0.15) is 0 Å². The van der Waals surface area contributed by atoms with Crippen LogP contribution in [-0.4, -0.2) is 37.0 Å². The first-order valence-corrected chi connectivity index (χ1v) is 9.44. The SMILES string of the molecule is Cc1cccc(OCCNC(=O)C2CCCN(Cc3ccccc3)C2)c1. The summed E-state index contributed by atoms with van der Waals surface area (Å²) in [7, 11) is 0. The normalized spacial score (nSPS) is 17.7. The molecule has 3 rings (SSSR count). The molecule has 0 bridgehead atoms. The summed E-state index contributed by atoms with van der Waals surface area (Å²) in [5.41, 5.74) is 2.48. The largest absolute Gasteiger partial charge is 0.492 e. The number of amides is 1. The quantitative estimate of drug-likeness (QED) is 0.777. The molecule has 1 atom stereocenters. The lowest BCUT2D eigenvalue weighted by molar-refractivity contribution is -0.126. The van der Waals surface area contributed by atoms with E-state index in [2.05, 4.69) is 34.5 Å². The fraction of sp³-hybridized carbons (Fsp3) is 0.409. The zero-order valence-corrected chi connectivity index (χ0v) is 15.5. The predicted octanol–water partition coefficient (Wildman–Crippen LogP) is 3.40. The van der Waals surface area contributed by atoms with E-state index in [1.165, 1.54) is 11.1 Å². The maximum atomic E-state index is 12.5. The van der Waals surface area contributed by atoms with E-state index in [0.717, 1.165) is 38.2 Å². The topological polar surface area (TPSA) is 41.6 Å². The number of piperidine rings is 1. The van der Waals surface area contributed by atoms with Gasteiger partial charge in [-0.1, -0.05) is 42.5 Å². The van der Waals surface area contributed by atoms with Crippen LogP contribution < -0.4 is 10.1 Å². The number of carbonyl (C=O) groups is 1. The van der Waals surface area contributed by atoms with Crippen LogP contribution in [0.4, 0.5) is 0 Å². The molecule has 26 heavy (non-hydrogen) atoms. The van der Waals surface area contributed by atoms with E-state index in [4.69, 9.17) is 4.74 Å². The molecule has 0 radical (unpaired) electrons. The molecule has 4 heteroatoms. The van der Waals surface area contributed by atoms with Crippen molar-refractivity contribution < 1.29 is 9.53 Å². The summed E-state index contributed by atoms with van der Waals surface area (Å²) in [5.74, 6) is 1.08. The molecule has 1 aliphatic heterocycles. The Morgan fingerprint density at radius 2 is 2.04 bits per heavy atom. The summed E-state index contributed by atoms with van der Waals surface area (Å²) in [6.45, 7) is 5.90. The van der Waals surface area contributed by atoms with E-state index in [1.807, 2.05) is 37.3 Å². The second kappa shape index (κ2) is 9.39. The van der Waals surface area contributed by atoms with Gasteiger partial charge in [0, 0.05) is 13.1 Å². The van der Waals surface area contributed by atoms with Gasteiger partial charge in [0.2, 0.25) is 5.91 Å². The minimum atomic E-state index is 0.0754. The highest BCUT2D eigenvalue weighted by molar-refractivity contribution is 5.78. The Morgan fingerprint density at radius 3 is 2.85 bits per heavy atom. The predicted molar refractivity (Wildman–Crippen MR) is 104 cm³/mol. The summed E-state index contributed by atoms with van der Waals surface area (Å²) >= 11 is 0. The van der Waals surface area contributed by atoms with Crippen molar-refractivity contribution in [3.63, 3.8) is 0 Å². The Hall–Kier alpha value is -2.33. The van der Waals surface area contributed by atoms with Gasteiger partial charge in [-0.05, 0) is 49.6 Å². The smallest absolute Gasteiger partial charge is 0.224 e. The minimum absolute atomic E-state index is 0.0754. The third kappa shape index (κ3) is 5.60. The molecule has 138 valence electrons. The molecule has 0 aliphatic carbocycles. The molecule has 1 N–H and O–H groups in total. The number of rotatable bonds is 7. The van der Waals surface area contributed by atoms with Crippen LogP contribution in [-0.2, 0) is 11.3 Å². The van der Waals surface area contributed by atoms with Gasteiger partial charge in [0.15, 0.2) is 0 Å². The number of likely N-dealkylation sites (tertiary alicyclic amines) is 1. The average molecular weight is 352 g/mol. The molecule has 1 heterocycles. The number of benzene rings is 2. The third-order valence-corrected chi connectivity index (χ3v) is 4.78. The number of hydrogen-bond donors (Lipinski definition) is 1. The van der Waals surface area contributed by atoms with Gasteiger partial charge < -0.3 is 10.1 Å². The summed E-state index contributed by atoms with van der Waals surface area (Å²) in [4.78, 5) is 14.8. The van der Waals surface area contributed by atoms with Gasteiger partial charge in [-0.15, -0.1) is 0 Å². The van der Waals surface area contributed by atoms with E-state index in [1.54, 1.807) is 0 Å². The van der Waals surface area contributed by atoms with Crippen molar-refractivity contribution in [3.8, 4) is 5.75 Å². The summed E-state index contributed by atoms with van der Waals surface area (Å²) in [5, 5.41) is 3.03. The molecular formula is C22H28N2O2. The molecule has 1 unspecified atom stereocenters. The maximum Gasteiger partial charge on any atom is 0.224 e. The molecule has 2 aromatic rings. The lowest BCUT2D eigenvalue weighted by Gasteiger charge is -2.32. The van der Waals surface area contributed by atoms with Gasteiger partial charge in [0.05, 0.1) is 12.5 Å². The highest BCUT2D eigenvalue weighted by atomic mass is 16.5. The Kier molecular flexibility index (Phi) is 6.67. The monoisotopic (exact) mass is 352 g/mol. The van der Waals surface area contributed by atoms with Gasteiger partial charge in [-0.25, -0.2) is 0 Å². The number of nitrogens with one attached hydrogen (secondary N) is 1. The Balaban J connectivity index is 1.40. The number of hydrogen-bond acceptors (Lipinski definition) is 3. The van der Waals surface area contributed by atoms with Crippen molar-refractivity contribution in [2.24, 2.45) is 5.92 Å². The highest BCUT2D eigenvalue weighted by Gasteiger charge is 2.25. The van der Waals surface area contributed by atoms with Crippen LogP contribution >= 0.6 is 0 Å². The molecule has 1 saturated heterocycles. The van der Waals surface area contributed by atoms with E-state index in [9.17, 15) is 4.79 Å². The van der Waals surface area contributed by atoms with Crippen molar-refractivity contribution in [1.82, 2.24) is 10.2 Å². The molecule has 4 nitrogen and oxygen atoms in total. The molecule has 0 spiro atoms. The first-order chi connectivity index (χ1) is 12.7. The first-order valence-electron chi connectivity index (χ1n) is 9.44. The Morgan fingerprint density at radius 1 is 1.19 bits per heavy atom. The second-order valence-corrected chi connectivity index (χ2v) is 7.02. The summed E-state index contributed by atoms with van der Waals surface area (Å²) in [6, 6.07) is 18.4. The van der Waals surface area contributed by atoms with Crippen LogP contribution in [0.25, 0.3) is 0 Å². The zero-order valence-electron chi connectivity index (χ0n) is 15.5. The van der Waals surface area contributed by atoms with Crippen LogP contribution in [0.15, 0.2) is 54.6 Å². The van der Waals surface area contributed by atoms with Gasteiger partial charge in [0.1, 0.15) is 12.4 Å². The molecule has 1 aliphatic rings. The van der Waals surface area contributed by atoms with Crippen molar-refractivity contribution in [2.75, 3.05) is 26.2 Å². The van der Waals surface area contributed by atoms with Crippen molar-refractivity contribution in [3.05, 3.63) is 65.7 Å². The maximum absolute atomic E-state index is 12.5. The molecule has 0 saturated carbocycles. The van der Waals surface area contributed by atoms with Gasteiger partial charge in [0.25, 0.3) is 0 Å². The molecule has 1 amide bonds. The van der Waals surface area contributed by atoms with Crippen LogP contribution in [0.1, 0.15) is 24.0 Å². The summed E-state index contributed by atoms with van der Waals surface area (Å²) < 4.78 is 5.70. The van der Waals surface area contributed by atoms with Gasteiger partial charge >= 0.3 is 0 Å². The fourth-order valence-corrected chi connectivity index (χ4v) is 3.45. The third-order valence-electron chi connectivity index (χ3n) is 4.78. The first kappa shape index (κ1) is 18.5. The van der Waals surface area contributed by atoms with E-state index in [0.29, 0.717) is 13.2 Å². The standard InChI is InChI=1S/C22H28N2O2/c1-18-7-5-11-21(15-18)26-14-12-23-22(25)20-10-6-13-24(17-20)16-19-8-3-2-4-9-19/h2-5,7-9,11,15,20H,6,10,12-14,16-17H2,1H3,(H,23,25). The van der Waals surface area contributed by atoms with Gasteiger partial charge in [-0.3, -0.25) is 9.69 Å². The second-order valence-electron chi connectivity index (χ2n) is 7.02.